The molecule has 0 amide bonds. The average molecular weight is 190 g/mol. The molecule has 1 N–H and O–H groups in total. The average Bonchev–Trinajstić information content (AvgIpc) is 2.20. The predicted octanol–water partition coefficient (Wildman–Crippen LogP) is 3.69. The number of hydrogen-bond acceptors (Lipinski definition) is 1. The first-order valence-electron chi connectivity index (χ1n) is 5.56. The zero-order valence-corrected chi connectivity index (χ0v) is 8.74. The van der Waals surface area contributed by atoms with Gasteiger partial charge in [-0.2, -0.15) is 0 Å². The van der Waals surface area contributed by atoms with Gasteiger partial charge in [-0.1, -0.05) is 38.3 Å². The molecule has 1 fully saturated rings. The molecule has 1 aliphatic rings. The van der Waals surface area contributed by atoms with Gasteiger partial charge in [0.05, 0.1) is 0 Å². The first kappa shape index (κ1) is 9.57. The highest BCUT2D eigenvalue weighted by Gasteiger charge is 2.22. The van der Waals surface area contributed by atoms with Crippen LogP contribution in [0.3, 0.4) is 0 Å². The highest BCUT2D eigenvalue weighted by molar-refractivity contribution is 5.28. The number of rotatable bonds is 1. The van der Waals surface area contributed by atoms with E-state index in [9.17, 15) is 5.11 Å². The minimum Gasteiger partial charge on any atom is -0.508 e. The number of phenols is 1. The Balaban J connectivity index is 2.16. The maximum absolute atomic E-state index is 9.22. The first-order chi connectivity index (χ1) is 6.77. The van der Waals surface area contributed by atoms with E-state index in [1.165, 1.54) is 31.2 Å². The third-order valence-electron chi connectivity index (χ3n) is 3.43. The van der Waals surface area contributed by atoms with Gasteiger partial charge in [0.1, 0.15) is 5.75 Å². The molecule has 0 radical (unpaired) electrons. The van der Waals surface area contributed by atoms with Crippen molar-refractivity contribution >= 4 is 0 Å². The highest BCUT2D eigenvalue weighted by Crippen LogP contribution is 2.37. The van der Waals surface area contributed by atoms with Crippen LogP contribution in [0.4, 0.5) is 0 Å². The summed E-state index contributed by atoms with van der Waals surface area (Å²) < 4.78 is 0. The second-order valence-electron chi connectivity index (χ2n) is 4.46. The largest absolute Gasteiger partial charge is 0.508 e. The van der Waals surface area contributed by atoms with E-state index in [1.807, 2.05) is 0 Å². The maximum Gasteiger partial charge on any atom is 0.115 e. The normalized spacial score (nSPS) is 27.5. The van der Waals surface area contributed by atoms with E-state index in [0.29, 0.717) is 11.7 Å². The molecule has 0 saturated heterocycles. The maximum atomic E-state index is 9.22. The smallest absolute Gasteiger partial charge is 0.115 e. The van der Waals surface area contributed by atoms with E-state index in [0.717, 1.165) is 5.92 Å². The summed E-state index contributed by atoms with van der Waals surface area (Å²) in [4.78, 5) is 0. The van der Waals surface area contributed by atoms with Gasteiger partial charge in [0.15, 0.2) is 0 Å². The molecule has 0 bridgehead atoms. The molecule has 1 nitrogen and oxygen atoms in total. The third kappa shape index (κ3) is 1.92. The van der Waals surface area contributed by atoms with Gasteiger partial charge in [-0.25, -0.2) is 0 Å². The number of hydrogen-bond donors (Lipinski definition) is 1. The van der Waals surface area contributed by atoms with Crippen molar-refractivity contribution in [3.8, 4) is 5.75 Å². The van der Waals surface area contributed by atoms with E-state index in [-0.39, 0.29) is 0 Å². The molecule has 1 heteroatoms. The van der Waals surface area contributed by atoms with Crippen molar-refractivity contribution < 1.29 is 5.11 Å². The zero-order chi connectivity index (χ0) is 9.97. The number of phenolic OH excluding ortho intramolecular Hbond substituents is 1. The van der Waals surface area contributed by atoms with Crippen molar-refractivity contribution in [1.82, 2.24) is 0 Å². The second-order valence-corrected chi connectivity index (χ2v) is 4.46. The van der Waals surface area contributed by atoms with Crippen molar-refractivity contribution in [2.75, 3.05) is 0 Å². The van der Waals surface area contributed by atoms with Crippen LogP contribution >= 0.6 is 0 Å². The lowest BCUT2D eigenvalue weighted by Crippen LogP contribution is -2.14. The molecule has 1 aromatic rings. The van der Waals surface area contributed by atoms with Crippen LogP contribution in [-0.4, -0.2) is 5.11 Å². The minimum atomic E-state index is 0.372. The Bertz CT molecular complexity index is 289. The quantitative estimate of drug-likeness (QED) is 0.716. The molecular formula is C13H18O. The lowest BCUT2D eigenvalue weighted by Gasteiger charge is -2.29. The molecular weight excluding hydrogens is 172 g/mol. The number of benzene rings is 1. The van der Waals surface area contributed by atoms with Crippen molar-refractivity contribution in [3.63, 3.8) is 0 Å². The second kappa shape index (κ2) is 4.04. The van der Waals surface area contributed by atoms with Crippen LogP contribution in [0.25, 0.3) is 0 Å². The molecule has 2 atom stereocenters. The van der Waals surface area contributed by atoms with Crippen molar-refractivity contribution in [1.29, 1.82) is 0 Å². The Morgan fingerprint density at radius 3 is 2.36 bits per heavy atom. The molecule has 0 aliphatic heterocycles. The Hall–Kier alpha value is -0.980. The molecule has 1 saturated carbocycles. The van der Waals surface area contributed by atoms with Crippen molar-refractivity contribution in [2.45, 2.75) is 38.5 Å². The monoisotopic (exact) mass is 190 g/mol. The standard InChI is InChI=1S/C13H18O/c1-10-4-2-3-5-13(10)11-6-8-12(14)9-7-11/h6-10,13-14H,2-5H2,1H3. The van der Waals surface area contributed by atoms with Crippen molar-refractivity contribution in [3.05, 3.63) is 29.8 Å². The Kier molecular flexibility index (Phi) is 2.76. The summed E-state index contributed by atoms with van der Waals surface area (Å²) in [6.45, 7) is 2.34. The lowest BCUT2D eigenvalue weighted by molar-refractivity contribution is 0.330. The molecule has 0 heterocycles. The van der Waals surface area contributed by atoms with Gasteiger partial charge in [-0.05, 0) is 36.0 Å². The van der Waals surface area contributed by atoms with Crippen LogP contribution < -0.4 is 0 Å². The summed E-state index contributed by atoms with van der Waals surface area (Å²) >= 11 is 0. The SMILES string of the molecule is CC1CCCCC1c1ccc(O)cc1. The van der Waals surface area contributed by atoms with E-state index in [4.69, 9.17) is 0 Å². The molecule has 2 rings (SSSR count). The fraction of sp³-hybridized carbons (Fsp3) is 0.538. The Labute approximate surface area is 85.8 Å². The van der Waals surface area contributed by atoms with Gasteiger partial charge in [-0.3, -0.25) is 0 Å². The Morgan fingerprint density at radius 1 is 1.07 bits per heavy atom. The molecule has 1 aliphatic carbocycles. The van der Waals surface area contributed by atoms with Crippen LogP contribution in [0.5, 0.6) is 5.75 Å². The highest BCUT2D eigenvalue weighted by atomic mass is 16.3. The predicted molar refractivity (Wildman–Crippen MR) is 58.5 cm³/mol. The summed E-state index contributed by atoms with van der Waals surface area (Å²) in [5.41, 5.74) is 1.40. The Morgan fingerprint density at radius 2 is 1.71 bits per heavy atom. The molecule has 14 heavy (non-hydrogen) atoms. The first-order valence-corrected chi connectivity index (χ1v) is 5.56. The fourth-order valence-electron chi connectivity index (χ4n) is 2.53. The summed E-state index contributed by atoms with van der Waals surface area (Å²) in [5.74, 6) is 1.88. The summed E-state index contributed by atoms with van der Waals surface area (Å²) in [6.07, 6.45) is 5.41. The van der Waals surface area contributed by atoms with Gasteiger partial charge in [0.25, 0.3) is 0 Å². The van der Waals surface area contributed by atoms with Gasteiger partial charge < -0.3 is 5.11 Å². The van der Waals surface area contributed by atoms with Crippen LogP contribution in [0.1, 0.15) is 44.1 Å². The van der Waals surface area contributed by atoms with Crippen LogP contribution in [0.15, 0.2) is 24.3 Å². The lowest BCUT2D eigenvalue weighted by atomic mass is 9.76. The van der Waals surface area contributed by atoms with E-state index >= 15 is 0 Å². The van der Waals surface area contributed by atoms with E-state index in [2.05, 4.69) is 19.1 Å². The van der Waals surface area contributed by atoms with Crippen molar-refractivity contribution in [2.24, 2.45) is 5.92 Å². The van der Waals surface area contributed by atoms with Crippen LogP contribution in [-0.2, 0) is 0 Å². The molecule has 0 spiro atoms. The molecule has 0 aromatic heterocycles. The third-order valence-corrected chi connectivity index (χ3v) is 3.43. The number of aromatic hydroxyl groups is 1. The van der Waals surface area contributed by atoms with Gasteiger partial charge in [0.2, 0.25) is 0 Å². The van der Waals surface area contributed by atoms with Crippen LogP contribution in [0.2, 0.25) is 0 Å². The summed E-state index contributed by atoms with van der Waals surface area (Å²) in [6, 6.07) is 7.75. The van der Waals surface area contributed by atoms with Crippen LogP contribution in [0, 0.1) is 5.92 Å². The minimum absolute atomic E-state index is 0.372. The van der Waals surface area contributed by atoms with E-state index < -0.39 is 0 Å². The van der Waals surface area contributed by atoms with E-state index in [1.54, 1.807) is 12.1 Å². The summed E-state index contributed by atoms with van der Waals surface area (Å²) in [5, 5.41) is 9.22. The zero-order valence-electron chi connectivity index (χ0n) is 8.74. The van der Waals surface area contributed by atoms with Gasteiger partial charge in [-0.15, -0.1) is 0 Å². The van der Waals surface area contributed by atoms with Gasteiger partial charge >= 0.3 is 0 Å². The fourth-order valence-corrected chi connectivity index (χ4v) is 2.53. The van der Waals surface area contributed by atoms with Gasteiger partial charge in [0, 0.05) is 0 Å². The molecule has 76 valence electrons. The summed E-state index contributed by atoms with van der Waals surface area (Å²) in [7, 11) is 0. The molecule has 2 unspecified atom stereocenters. The molecule has 1 aromatic carbocycles. The topological polar surface area (TPSA) is 20.2 Å².